The summed E-state index contributed by atoms with van der Waals surface area (Å²) in [6.45, 7) is 8.49. The lowest BCUT2D eigenvalue weighted by atomic mass is 9.69. The van der Waals surface area contributed by atoms with Crippen LogP contribution in [-0.2, 0) is 27.2 Å². The van der Waals surface area contributed by atoms with Crippen LogP contribution in [0.4, 0.5) is 5.00 Å². The number of ether oxygens (including phenoxy) is 1. The Morgan fingerprint density at radius 1 is 1.32 bits per heavy atom. The first-order valence-corrected chi connectivity index (χ1v) is 10.6. The standard InChI is InChI=1S/C21H31NO5S/c1-6-21(3,4)13-7-8-14-15(11-13)28-19(18(14)20(26)27-5)22-16(23)9-12(2)10-17(24)25/h12-13H,6-11H2,1-5H3,(H,22,23)(H,24,25)/t12-,13-/m1/s1. The lowest BCUT2D eigenvalue weighted by Crippen LogP contribution is -2.28. The van der Waals surface area contributed by atoms with Gasteiger partial charge < -0.3 is 15.2 Å². The number of carboxylic acid groups (broad SMARTS) is 1. The maximum Gasteiger partial charge on any atom is 0.341 e. The van der Waals surface area contributed by atoms with Crippen LogP contribution >= 0.6 is 11.3 Å². The molecule has 1 aliphatic rings. The molecule has 0 bridgehead atoms. The van der Waals surface area contributed by atoms with Crippen molar-refractivity contribution in [3.8, 4) is 0 Å². The Labute approximate surface area is 170 Å². The Morgan fingerprint density at radius 3 is 2.57 bits per heavy atom. The monoisotopic (exact) mass is 409 g/mol. The van der Waals surface area contributed by atoms with Crippen LogP contribution < -0.4 is 5.32 Å². The maximum atomic E-state index is 12.4. The Balaban J connectivity index is 2.24. The Morgan fingerprint density at radius 2 is 2.00 bits per heavy atom. The smallest absolute Gasteiger partial charge is 0.341 e. The molecule has 0 spiro atoms. The average Bonchev–Trinajstić information content (AvgIpc) is 2.96. The van der Waals surface area contributed by atoms with Crippen LogP contribution in [0.25, 0.3) is 0 Å². The molecule has 0 saturated heterocycles. The second kappa shape index (κ2) is 9.07. The number of anilines is 1. The number of carbonyl (C=O) groups is 3. The Bertz CT molecular complexity index is 752. The molecule has 2 N–H and O–H groups in total. The van der Waals surface area contributed by atoms with Gasteiger partial charge in [-0.05, 0) is 42.1 Å². The molecule has 2 atom stereocenters. The van der Waals surface area contributed by atoms with Gasteiger partial charge in [-0.3, -0.25) is 9.59 Å². The average molecular weight is 410 g/mol. The van der Waals surface area contributed by atoms with Gasteiger partial charge in [-0.2, -0.15) is 0 Å². The molecule has 1 aliphatic carbocycles. The molecule has 156 valence electrons. The van der Waals surface area contributed by atoms with Crippen molar-refractivity contribution in [3.63, 3.8) is 0 Å². The van der Waals surface area contributed by atoms with Crippen LogP contribution in [0.15, 0.2) is 0 Å². The summed E-state index contributed by atoms with van der Waals surface area (Å²) in [5, 5.41) is 12.2. The molecule has 0 aliphatic heterocycles. The van der Waals surface area contributed by atoms with Gasteiger partial charge in [0.2, 0.25) is 5.91 Å². The third kappa shape index (κ3) is 5.13. The molecule has 7 heteroatoms. The van der Waals surface area contributed by atoms with Crippen molar-refractivity contribution in [1.82, 2.24) is 0 Å². The highest BCUT2D eigenvalue weighted by Gasteiger charge is 2.35. The number of fused-ring (bicyclic) bond motifs is 1. The maximum absolute atomic E-state index is 12.4. The van der Waals surface area contributed by atoms with Crippen molar-refractivity contribution >= 4 is 34.2 Å². The van der Waals surface area contributed by atoms with Crippen molar-refractivity contribution in [2.45, 2.75) is 66.2 Å². The minimum absolute atomic E-state index is 0.0635. The zero-order chi connectivity index (χ0) is 21.1. The summed E-state index contributed by atoms with van der Waals surface area (Å²) in [6, 6.07) is 0. The van der Waals surface area contributed by atoms with Crippen LogP contribution in [0.1, 0.15) is 74.2 Å². The van der Waals surface area contributed by atoms with E-state index < -0.39 is 11.9 Å². The molecule has 1 aromatic heterocycles. The predicted molar refractivity (Wildman–Crippen MR) is 110 cm³/mol. The number of aliphatic carboxylic acids is 1. The normalized spacial score (nSPS) is 17.5. The van der Waals surface area contributed by atoms with Gasteiger partial charge >= 0.3 is 11.9 Å². The summed E-state index contributed by atoms with van der Waals surface area (Å²) in [7, 11) is 1.35. The number of rotatable bonds is 8. The Kier molecular flexibility index (Phi) is 7.26. The first-order chi connectivity index (χ1) is 13.1. The summed E-state index contributed by atoms with van der Waals surface area (Å²) in [4.78, 5) is 36.8. The van der Waals surface area contributed by atoms with E-state index in [-0.39, 0.29) is 30.1 Å². The van der Waals surface area contributed by atoms with E-state index in [1.54, 1.807) is 6.92 Å². The largest absolute Gasteiger partial charge is 0.481 e. The number of methoxy groups -OCH3 is 1. The van der Waals surface area contributed by atoms with Gasteiger partial charge in [-0.1, -0.05) is 34.1 Å². The summed E-state index contributed by atoms with van der Waals surface area (Å²) in [5.74, 6) is -1.37. The molecular weight excluding hydrogens is 378 g/mol. The Hall–Kier alpha value is -1.89. The number of thiophene rings is 1. The minimum Gasteiger partial charge on any atom is -0.481 e. The number of hydrogen-bond donors (Lipinski definition) is 2. The third-order valence-corrected chi connectivity index (χ3v) is 7.15. The quantitative estimate of drug-likeness (QED) is 0.616. The third-order valence-electron chi connectivity index (χ3n) is 5.98. The first-order valence-electron chi connectivity index (χ1n) is 9.83. The molecule has 1 heterocycles. The molecule has 0 aromatic carbocycles. The molecular formula is C21H31NO5S. The number of hydrogen-bond acceptors (Lipinski definition) is 5. The number of nitrogens with one attached hydrogen (secondary N) is 1. The minimum atomic E-state index is -0.924. The van der Waals surface area contributed by atoms with Crippen molar-refractivity contribution in [1.29, 1.82) is 0 Å². The van der Waals surface area contributed by atoms with Crippen LogP contribution in [-0.4, -0.2) is 30.1 Å². The zero-order valence-corrected chi connectivity index (χ0v) is 18.2. The summed E-state index contributed by atoms with van der Waals surface area (Å²) in [5.41, 5.74) is 1.69. The highest BCUT2D eigenvalue weighted by atomic mass is 32.1. The van der Waals surface area contributed by atoms with Gasteiger partial charge in [0, 0.05) is 17.7 Å². The lowest BCUT2D eigenvalue weighted by Gasteiger charge is -2.36. The molecule has 6 nitrogen and oxygen atoms in total. The molecule has 1 amide bonds. The van der Waals surface area contributed by atoms with E-state index >= 15 is 0 Å². The van der Waals surface area contributed by atoms with Gasteiger partial charge in [-0.15, -0.1) is 11.3 Å². The van der Waals surface area contributed by atoms with Gasteiger partial charge in [0.25, 0.3) is 0 Å². The van der Waals surface area contributed by atoms with Crippen molar-refractivity contribution in [2.24, 2.45) is 17.3 Å². The van der Waals surface area contributed by atoms with Crippen LogP contribution in [0.5, 0.6) is 0 Å². The summed E-state index contributed by atoms with van der Waals surface area (Å²) < 4.78 is 4.97. The summed E-state index contributed by atoms with van der Waals surface area (Å²) in [6.07, 6.45) is 3.84. The summed E-state index contributed by atoms with van der Waals surface area (Å²) >= 11 is 1.46. The van der Waals surface area contributed by atoms with E-state index in [0.29, 0.717) is 16.5 Å². The van der Waals surface area contributed by atoms with Crippen LogP contribution in [0, 0.1) is 17.3 Å². The number of amides is 1. The second-order valence-corrected chi connectivity index (χ2v) is 9.54. The molecule has 28 heavy (non-hydrogen) atoms. The van der Waals surface area contributed by atoms with Gasteiger partial charge in [0.05, 0.1) is 12.7 Å². The highest BCUT2D eigenvalue weighted by Crippen LogP contribution is 2.45. The van der Waals surface area contributed by atoms with E-state index in [1.807, 2.05) is 0 Å². The van der Waals surface area contributed by atoms with Gasteiger partial charge in [0.1, 0.15) is 5.00 Å². The first kappa shape index (κ1) is 22.4. The topological polar surface area (TPSA) is 92.7 Å². The fourth-order valence-corrected chi connectivity index (χ4v) is 5.14. The van der Waals surface area contributed by atoms with Crippen molar-refractivity contribution in [3.05, 3.63) is 16.0 Å². The number of carboxylic acids is 1. The van der Waals surface area contributed by atoms with Gasteiger partial charge in [0.15, 0.2) is 0 Å². The van der Waals surface area contributed by atoms with E-state index in [9.17, 15) is 14.4 Å². The van der Waals surface area contributed by atoms with Crippen LogP contribution in [0.3, 0.4) is 0 Å². The molecule has 1 aromatic rings. The fraction of sp³-hybridized carbons (Fsp3) is 0.667. The number of carbonyl (C=O) groups excluding carboxylic acids is 2. The van der Waals surface area contributed by atoms with Crippen LogP contribution in [0.2, 0.25) is 0 Å². The lowest BCUT2D eigenvalue weighted by molar-refractivity contribution is -0.138. The number of esters is 1. The molecule has 0 fully saturated rings. The van der Waals surface area contributed by atoms with Crippen molar-refractivity contribution < 1.29 is 24.2 Å². The highest BCUT2D eigenvalue weighted by molar-refractivity contribution is 7.17. The molecule has 0 saturated carbocycles. The molecule has 0 radical (unpaired) electrons. The second-order valence-electron chi connectivity index (χ2n) is 8.44. The van der Waals surface area contributed by atoms with E-state index in [0.717, 1.165) is 36.1 Å². The fourth-order valence-electron chi connectivity index (χ4n) is 3.81. The van der Waals surface area contributed by atoms with E-state index in [4.69, 9.17) is 9.84 Å². The SMILES string of the molecule is CCC(C)(C)[C@@H]1CCc2c(sc(NC(=O)C[C@@H](C)CC(=O)O)c2C(=O)OC)C1. The van der Waals surface area contributed by atoms with E-state index in [2.05, 4.69) is 26.1 Å². The zero-order valence-electron chi connectivity index (χ0n) is 17.4. The molecule has 2 rings (SSSR count). The molecule has 0 unspecified atom stereocenters. The van der Waals surface area contributed by atoms with Crippen molar-refractivity contribution in [2.75, 3.05) is 12.4 Å². The van der Waals surface area contributed by atoms with Gasteiger partial charge in [-0.25, -0.2) is 4.79 Å². The predicted octanol–water partition coefficient (Wildman–Crippen LogP) is 4.52. The van der Waals surface area contributed by atoms with E-state index in [1.165, 1.54) is 18.4 Å².